The topological polar surface area (TPSA) is 34.1 Å². The van der Waals surface area contributed by atoms with Gasteiger partial charge in [-0.1, -0.05) is 56.5 Å². The molecule has 0 aliphatic heterocycles. The smallest absolute Gasteiger partial charge is 0.178 e. The van der Waals surface area contributed by atoms with Gasteiger partial charge in [0.1, 0.15) is 0 Å². The molecule has 1 aromatic rings. The Morgan fingerprint density at radius 3 is 2.42 bits per heavy atom. The fraction of sp³-hybridized carbons (Fsp3) is 0.562. The number of carbonyl (C=O) groups is 1. The van der Waals surface area contributed by atoms with Gasteiger partial charge in [-0.3, -0.25) is 9.00 Å². The molecule has 1 fully saturated rings. The first-order valence-electron chi connectivity index (χ1n) is 7.22. The van der Waals surface area contributed by atoms with Crippen LogP contribution in [0, 0.1) is 0 Å². The number of benzene rings is 1. The summed E-state index contributed by atoms with van der Waals surface area (Å²) in [4.78, 5) is 12.5. The van der Waals surface area contributed by atoms with Crippen LogP contribution in [0.15, 0.2) is 30.3 Å². The van der Waals surface area contributed by atoms with Gasteiger partial charge in [-0.2, -0.15) is 0 Å². The molecule has 0 aromatic heterocycles. The lowest BCUT2D eigenvalue weighted by Crippen LogP contribution is -2.33. The molecule has 0 N–H and O–H groups in total. The molecule has 1 aromatic carbocycles. The van der Waals surface area contributed by atoms with E-state index < -0.39 is 10.8 Å². The zero-order valence-electron chi connectivity index (χ0n) is 11.5. The molecule has 2 rings (SSSR count). The molecule has 0 bridgehead atoms. The van der Waals surface area contributed by atoms with Crippen molar-refractivity contribution in [3.05, 3.63) is 35.9 Å². The van der Waals surface area contributed by atoms with Gasteiger partial charge in [-0.05, 0) is 19.3 Å². The van der Waals surface area contributed by atoms with E-state index in [0.29, 0.717) is 12.0 Å². The third-order valence-corrected chi connectivity index (χ3v) is 6.12. The van der Waals surface area contributed by atoms with Crippen molar-refractivity contribution in [1.29, 1.82) is 0 Å². The highest BCUT2D eigenvalue weighted by Crippen LogP contribution is 2.26. The molecule has 0 radical (unpaired) electrons. The van der Waals surface area contributed by atoms with Gasteiger partial charge >= 0.3 is 0 Å². The van der Waals surface area contributed by atoms with Crippen molar-refractivity contribution in [1.82, 2.24) is 0 Å². The molecule has 0 saturated heterocycles. The molecule has 0 heterocycles. The molecule has 104 valence electrons. The zero-order valence-corrected chi connectivity index (χ0v) is 12.3. The van der Waals surface area contributed by atoms with Crippen LogP contribution in [-0.4, -0.2) is 20.5 Å². The van der Waals surface area contributed by atoms with Crippen LogP contribution in [0.5, 0.6) is 0 Å². The summed E-state index contributed by atoms with van der Waals surface area (Å²) >= 11 is 0. The molecule has 2 unspecified atom stereocenters. The van der Waals surface area contributed by atoms with Crippen LogP contribution in [0.25, 0.3) is 0 Å². The molecule has 0 amide bonds. The summed E-state index contributed by atoms with van der Waals surface area (Å²) in [5.41, 5.74) is 0.693. The number of carbonyl (C=O) groups excluding carboxylic acids is 1. The molecule has 0 spiro atoms. The molecular formula is C16H22O2S. The third kappa shape index (κ3) is 3.53. The van der Waals surface area contributed by atoms with Gasteiger partial charge in [0.15, 0.2) is 5.78 Å². The molecular weight excluding hydrogens is 256 g/mol. The Bertz CT molecular complexity index is 435. The van der Waals surface area contributed by atoms with E-state index in [2.05, 4.69) is 0 Å². The number of rotatable bonds is 5. The fourth-order valence-corrected chi connectivity index (χ4v) is 4.71. The highest BCUT2D eigenvalue weighted by molar-refractivity contribution is 7.87. The molecule has 2 nitrogen and oxygen atoms in total. The molecule has 19 heavy (non-hydrogen) atoms. The normalized spacial score (nSPS) is 19.8. The predicted molar refractivity (Wildman–Crippen MR) is 79.9 cm³/mol. The van der Waals surface area contributed by atoms with Crippen molar-refractivity contribution in [2.75, 3.05) is 0 Å². The van der Waals surface area contributed by atoms with Crippen LogP contribution in [0.2, 0.25) is 0 Å². The first-order valence-corrected chi connectivity index (χ1v) is 8.50. The number of ketones is 1. The highest BCUT2D eigenvalue weighted by Gasteiger charge is 2.30. The maximum absolute atomic E-state index is 12.6. The number of hydrogen-bond acceptors (Lipinski definition) is 2. The molecule has 2 atom stereocenters. The van der Waals surface area contributed by atoms with Crippen LogP contribution in [0.1, 0.15) is 55.8 Å². The van der Waals surface area contributed by atoms with Gasteiger partial charge in [0.05, 0.1) is 5.25 Å². The lowest BCUT2D eigenvalue weighted by Gasteiger charge is -2.25. The van der Waals surface area contributed by atoms with E-state index in [9.17, 15) is 9.00 Å². The second kappa shape index (κ2) is 6.99. The summed E-state index contributed by atoms with van der Waals surface area (Å²) < 4.78 is 12.6. The van der Waals surface area contributed by atoms with Gasteiger partial charge in [0, 0.05) is 21.6 Å². The Morgan fingerprint density at radius 1 is 1.21 bits per heavy atom. The quantitative estimate of drug-likeness (QED) is 0.769. The van der Waals surface area contributed by atoms with Crippen molar-refractivity contribution in [2.45, 2.75) is 55.9 Å². The minimum atomic E-state index is -1.02. The van der Waals surface area contributed by atoms with Crippen molar-refractivity contribution in [2.24, 2.45) is 0 Å². The van der Waals surface area contributed by atoms with Gasteiger partial charge in [-0.15, -0.1) is 0 Å². The maximum Gasteiger partial charge on any atom is 0.178 e. The van der Waals surface area contributed by atoms with E-state index in [4.69, 9.17) is 0 Å². The summed E-state index contributed by atoms with van der Waals surface area (Å²) in [6, 6.07) is 9.27. The first kappa shape index (κ1) is 14.4. The summed E-state index contributed by atoms with van der Waals surface area (Å²) in [5.74, 6) is 0.0482. The second-order valence-corrected chi connectivity index (χ2v) is 7.11. The van der Waals surface area contributed by atoms with Crippen molar-refractivity contribution < 1.29 is 9.00 Å². The largest absolute Gasteiger partial charge is 0.293 e. The Labute approximate surface area is 118 Å². The Hall–Kier alpha value is -0.960. The summed E-state index contributed by atoms with van der Waals surface area (Å²) in [5, 5.41) is -0.100. The zero-order chi connectivity index (χ0) is 13.7. The van der Waals surface area contributed by atoms with Crippen molar-refractivity contribution in [3.8, 4) is 0 Å². The van der Waals surface area contributed by atoms with Crippen LogP contribution in [0.4, 0.5) is 0 Å². The summed E-state index contributed by atoms with van der Waals surface area (Å²) in [6.07, 6.45) is 6.27. The van der Waals surface area contributed by atoms with E-state index >= 15 is 0 Å². The molecule has 1 aliphatic rings. The molecule has 1 aliphatic carbocycles. The third-order valence-electron chi connectivity index (χ3n) is 3.88. The van der Waals surface area contributed by atoms with Crippen molar-refractivity contribution >= 4 is 16.6 Å². The highest BCUT2D eigenvalue weighted by atomic mass is 32.2. The Kier molecular flexibility index (Phi) is 5.32. The lowest BCUT2D eigenvalue weighted by molar-refractivity contribution is 0.0986. The predicted octanol–water partition coefficient (Wildman–Crippen LogP) is 3.73. The van der Waals surface area contributed by atoms with E-state index in [1.807, 2.05) is 37.3 Å². The van der Waals surface area contributed by atoms with Crippen LogP contribution in [-0.2, 0) is 10.8 Å². The maximum atomic E-state index is 12.6. The fourth-order valence-electron chi connectivity index (χ4n) is 2.77. The Morgan fingerprint density at radius 2 is 1.84 bits per heavy atom. The van der Waals surface area contributed by atoms with Crippen molar-refractivity contribution in [3.63, 3.8) is 0 Å². The van der Waals surface area contributed by atoms with E-state index in [1.54, 1.807) is 0 Å². The number of Topliss-reactive ketones (excluding diaryl/α,β-unsaturated/α-hetero) is 1. The standard InChI is InChI=1S/C16H22O2S/c1-2-15(16(17)13-9-5-3-6-10-13)19(18)14-11-7-4-8-12-14/h3,5-6,9-10,14-15H,2,4,7-8,11-12H2,1H3. The molecule has 3 heteroatoms. The summed E-state index contributed by atoms with van der Waals surface area (Å²) in [7, 11) is -1.02. The average molecular weight is 278 g/mol. The van der Waals surface area contributed by atoms with Crippen LogP contribution >= 0.6 is 0 Å². The van der Waals surface area contributed by atoms with Crippen LogP contribution < -0.4 is 0 Å². The van der Waals surface area contributed by atoms with Gasteiger partial charge in [0.25, 0.3) is 0 Å². The Balaban J connectivity index is 2.10. The first-order chi connectivity index (χ1) is 9.24. The summed E-state index contributed by atoms with van der Waals surface area (Å²) in [6.45, 7) is 1.96. The van der Waals surface area contributed by atoms with E-state index in [1.165, 1.54) is 6.42 Å². The monoisotopic (exact) mass is 278 g/mol. The molecule has 1 saturated carbocycles. The minimum absolute atomic E-state index is 0.0482. The SMILES string of the molecule is CCC(C(=O)c1ccccc1)S(=O)C1CCCCC1. The van der Waals surface area contributed by atoms with Gasteiger partial charge < -0.3 is 0 Å². The lowest BCUT2D eigenvalue weighted by atomic mass is 10.0. The second-order valence-electron chi connectivity index (χ2n) is 5.22. The number of hydrogen-bond donors (Lipinski definition) is 0. The van der Waals surface area contributed by atoms with Gasteiger partial charge in [0.2, 0.25) is 0 Å². The van der Waals surface area contributed by atoms with E-state index in [-0.39, 0.29) is 16.3 Å². The minimum Gasteiger partial charge on any atom is -0.293 e. The van der Waals surface area contributed by atoms with E-state index in [0.717, 1.165) is 25.7 Å². The average Bonchev–Trinajstić information content (AvgIpc) is 2.49. The van der Waals surface area contributed by atoms with Gasteiger partial charge in [-0.25, -0.2) is 0 Å². The van der Waals surface area contributed by atoms with Crippen LogP contribution in [0.3, 0.4) is 0 Å².